The van der Waals surface area contributed by atoms with Crippen molar-refractivity contribution in [2.45, 2.75) is 12.7 Å². The first-order valence-electron chi connectivity index (χ1n) is 11.1. The van der Waals surface area contributed by atoms with Crippen molar-refractivity contribution in [1.82, 2.24) is 24.8 Å². The number of imidazole rings is 1. The number of hydrogen-bond donors (Lipinski definition) is 1. The highest BCUT2D eigenvalue weighted by molar-refractivity contribution is 6.30. The predicted molar refractivity (Wildman–Crippen MR) is 132 cm³/mol. The van der Waals surface area contributed by atoms with E-state index in [1.54, 1.807) is 41.4 Å². The van der Waals surface area contributed by atoms with E-state index < -0.39 is 12.1 Å². The molecule has 0 radical (unpaired) electrons. The topological polar surface area (TPSA) is 76.0 Å². The van der Waals surface area contributed by atoms with Crippen molar-refractivity contribution in [1.29, 1.82) is 0 Å². The zero-order chi connectivity index (χ0) is 26.0. The van der Waals surface area contributed by atoms with Crippen molar-refractivity contribution < 1.29 is 22.8 Å². The Morgan fingerprint density at radius 1 is 1.05 bits per heavy atom. The number of nitrogens with one attached hydrogen (secondary N) is 1. The summed E-state index contributed by atoms with van der Waals surface area (Å²) in [7, 11) is 0. The monoisotopic (exact) mass is 525 g/mol. The first kappa shape index (κ1) is 24.4. The molecule has 0 unspecified atom stereocenters. The Morgan fingerprint density at radius 2 is 1.81 bits per heavy atom. The van der Waals surface area contributed by atoms with Crippen LogP contribution in [0.25, 0.3) is 22.5 Å². The van der Waals surface area contributed by atoms with Crippen LogP contribution in [0.5, 0.6) is 0 Å². The molecule has 2 aromatic heterocycles. The van der Waals surface area contributed by atoms with Gasteiger partial charge in [0.15, 0.2) is 5.82 Å². The molecule has 0 saturated carbocycles. The van der Waals surface area contributed by atoms with Crippen LogP contribution in [-0.2, 0) is 16.2 Å². The molecule has 0 atom stereocenters. The number of hydrogen-bond acceptors (Lipinski definition) is 5. The Hall–Kier alpha value is -4.31. The molecule has 0 amide bonds. The summed E-state index contributed by atoms with van der Waals surface area (Å²) in [4.78, 5) is 23.7. The van der Waals surface area contributed by atoms with Crippen molar-refractivity contribution in [2.24, 2.45) is 0 Å². The smallest absolute Gasteiger partial charge is 0.337 e. The number of H-pyrrole nitrogens is 1. The Balaban J connectivity index is 1.44. The lowest BCUT2D eigenvalue weighted by Gasteiger charge is -2.27. The minimum atomic E-state index is -5.14. The Morgan fingerprint density at radius 3 is 2.54 bits per heavy atom. The zero-order valence-corrected chi connectivity index (χ0v) is 19.9. The molecule has 0 aliphatic carbocycles. The molecule has 4 aromatic rings. The van der Waals surface area contributed by atoms with Crippen molar-refractivity contribution >= 4 is 28.8 Å². The van der Waals surface area contributed by atoms with Crippen molar-refractivity contribution in [3.05, 3.63) is 107 Å². The second-order valence-electron chi connectivity index (χ2n) is 8.19. The lowest BCUT2D eigenvalue weighted by molar-refractivity contribution is -0.226. The highest BCUT2D eigenvalue weighted by atomic mass is 35.5. The van der Waals surface area contributed by atoms with E-state index >= 15 is 0 Å². The normalized spacial score (nSPS) is 13.8. The van der Waals surface area contributed by atoms with Crippen molar-refractivity contribution in [3.63, 3.8) is 0 Å². The molecule has 188 valence electrons. The van der Waals surface area contributed by atoms with Crippen molar-refractivity contribution in [2.75, 3.05) is 6.54 Å². The third kappa shape index (κ3) is 5.59. The van der Waals surface area contributed by atoms with E-state index in [0.717, 1.165) is 21.8 Å². The minimum absolute atomic E-state index is 0.118. The summed E-state index contributed by atoms with van der Waals surface area (Å²) < 4.78 is 40.5. The average Bonchev–Trinajstić information content (AvgIpc) is 3.56. The summed E-state index contributed by atoms with van der Waals surface area (Å²) in [5.41, 5.74) is 4.10. The summed E-state index contributed by atoms with van der Waals surface area (Å²) in [5.74, 6) is -2.08. The van der Waals surface area contributed by atoms with Gasteiger partial charge in [0.1, 0.15) is 5.70 Å². The fourth-order valence-corrected chi connectivity index (χ4v) is 3.90. The molecule has 1 aliphatic heterocycles. The quantitative estimate of drug-likeness (QED) is 0.348. The van der Waals surface area contributed by atoms with Crippen LogP contribution in [0.4, 0.5) is 13.2 Å². The summed E-state index contributed by atoms with van der Waals surface area (Å²) in [6.45, 7) is 0.391. The van der Waals surface area contributed by atoms with Gasteiger partial charge in [0, 0.05) is 16.8 Å². The molecule has 37 heavy (non-hydrogen) atoms. The minimum Gasteiger partial charge on any atom is -0.337 e. The molecular weight excluding hydrogens is 507 g/mol. The molecule has 0 spiro atoms. The van der Waals surface area contributed by atoms with Gasteiger partial charge in [-0.2, -0.15) is 23.3 Å². The van der Waals surface area contributed by atoms with Gasteiger partial charge in [-0.1, -0.05) is 60.1 Å². The van der Waals surface area contributed by atoms with Gasteiger partial charge in [-0.3, -0.25) is 4.68 Å². The maximum absolute atomic E-state index is 12.9. The van der Waals surface area contributed by atoms with Gasteiger partial charge in [-0.25, -0.2) is 9.78 Å². The van der Waals surface area contributed by atoms with E-state index in [1.807, 2.05) is 48.7 Å². The maximum Gasteiger partial charge on any atom is 0.493 e. The van der Waals surface area contributed by atoms with Crippen LogP contribution < -0.4 is 0 Å². The molecule has 11 heteroatoms. The summed E-state index contributed by atoms with van der Waals surface area (Å²) in [6.07, 6.45) is 3.16. The highest BCUT2D eigenvalue weighted by Crippen LogP contribution is 2.31. The highest BCUT2D eigenvalue weighted by Gasteiger charge is 2.43. The molecule has 3 heterocycles. The van der Waals surface area contributed by atoms with Gasteiger partial charge in [0.25, 0.3) is 0 Å². The number of halogens is 4. The largest absolute Gasteiger partial charge is 0.493 e. The molecule has 0 fully saturated rings. The van der Waals surface area contributed by atoms with Gasteiger partial charge in [0.05, 0.1) is 31.2 Å². The number of rotatable bonds is 6. The lowest BCUT2D eigenvalue weighted by atomic mass is 10.1. The molecular formula is C26H19ClF3N5O2. The number of allylic oxidation sites excluding steroid dienone is 2. The Kier molecular flexibility index (Phi) is 6.58. The number of aromatic amines is 1. The number of benzene rings is 2. The summed E-state index contributed by atoms with van der Waals surface area (Å²) in [5, 5.41) is 5.90. The molecule has 0 saturated heterocycles. The van der Waals surface area contributed by atoms with Gasteiger partial charge in [0.2, 0.25) is 0 Å². The molecule has 1 aliphatic rings. The third-order valence-electron chi connectivity index (χ3n) is 5.59. The van der Waals surface area contributed by atoms with Gasteiger partial charge >= 0.3 is 12.1 Å². The van der Waals surface area contributed by atoms with Crippen LogP contribution in [0.15, 0.2) is 85.3 Å². The Labute approximate surface area is 214 Å². The molecule has 0 bridgehead atoms. The van der Waals surface area contributed by atoms with E-state index in [1.165, 1.54) is 0 Å². The summed E-state index contributed by atoms with van der Waals surface area (Å²) in [6, 6.07) is 16.7. The van der Waals surface area contributed by atoms with E-state index in [9.17, 15) is 18.0 Å². The molecule has 2 aromatic carbocycles. The Bertz CT molecular complexity index is 1470. The fraction of sp³-hybridized carbons (Fsp3) is 0.115. The number of carbonyl (C=O) groups is 1. The predicted octanol–water partition coefficient (Wildman–Crippen LogP) is 5.74. The first-order valence-corrected chi connectivity index (χ1v) is 11.5. The van der Waals surface area contributed by atoms with E-state index in [-0.39, 0.29) is 18.1 Å². The van der Waals surface area contributed by atoms with Gasteiger partial charge < -0.3 is 9.82 Å². The van der Waals surface area contributed by atoms with Gasteiger partial charge in [-0.05, 0) is 34.9 Å². The second-order valence-corrected chi connectivity index (χ2v) is 8.63. The third-order valence-corrected chi connectivity index (χ3v) is 5.84. The lowest BCUT2D eigenvalue weighted by Crippen LogP contribution is -2.35. The first-order chi connectivity index (χ1) is 17.8. The van der Waals surface area contributed by atoms with Gasteiger partial charge in [-0.15, -0.1) is 0 Å². The molecule has 5 rings (SSSR count). The standard InChI is InChI=1S/C26H19ClF3N5O2/c27-21-8-6-17(7-9-21)15-34-16-20(13-32-34)19-10-11-35(37-25(36)26(28,29)30)23(12-19)24-31-14-22(33-24)18-4-2-1-3-5-18/h1-10,12-14,16H,11,15H2,(H,31,33). The fourth-order valence-electron chi connectivity index (χ4n) is 3.78. The summed E-state index contributed by atoms with van der Waals surface area (Å²) >= 11 is 5.95. The zero-order valence-electron chi connectivity index (χ0n) is 19.1. The van der Waals surface area contributed by atoms with E-state index in [2.05, 4.69) is 19.9 Å². The number of aromatic nitrogens is 4. The average molecular weight is 526 g/mol. The number of carbonyl (C=O) groups excluding carboxylic acids is 1. The number of nitrogens with zero attached hydrogens (tertiary/aromatic N) is 4. The van der Waals surface area contributed by atoms with Crippen LogP contribution in [0.1, 0.15) is 17.0 Å². The van der Waals surface area contributed by atoms with E-state index in [4.69, 9.17) is 11.6 Å². The molecule has 7 nitrogen and oxygen atoms in total. The second kappa shape index (κ2) is 9.98. The van der Waals surface area contributed by atoms with Crippen LogP contribution in [0, 0.1) is 0 Å². The van der Waals surface area contributed by atoms with Crippen molar-refractivity contribution in [3.8, 4) is 11.3 Å². The molecule has 1 N–H and O–H groups in total. The number of hydroxylamine groups is 2. The van der Waals surface area contributed by atoms with Crippen LogP contribution >= 0.6 is 11.6 Å². The SMILES string of the molecule is O=C(ON1CC=C(c2cnn(Cc3ccc(Cl)cc3)c2)C=C1c1ncc(-c2ccccc2)[nH]1)C(F)(F)F. The van der Waals surface area contributed by atoms with Crippen LogP contribution in [0.2, 0.25) is 5.02 Å². The van der Waals surface area contributed by atoms with Crippen LogP contribution in [0.3, 0.4) is 0 Å². The van der Waals surface area contributed by atoms with E-state index in [0.29, 0.717) is 22.8 Å². The van der Waals surface area contributed by atoms with Crippen LogP contribution in [-0.4, -0.2) is 43.5 Å². The maximum atomic E-state index is 12.9. The number of alkyl halides is 3.